The number of halogens is 1. The minimum absolute atomic E-state index is 0.0254. The van der Waals surface area contributed by atoms with E-state index in [4.69, 9.17) is 5.21 Å². The van der Waals surface area contributed by atoms with Gasteiger partial charge in [-0.3, -0.25) is 0 Å². The van der Waals surface area contributed by atoms with Crippen molar-refractivity contribution in [1.82, 2.24) is 8.76 Å². The Morgan fingerprint density at radius 3 is 2.87 bits per heavy atom. The molecule has 1 heterocycles. The molecule has 6 heteroatoms. The van der Waals surface area contributed by atoms with Crippen molar-refractivity contribution in [3.8, 4) is 0 Å². The van der Waals surface area contributed by atoms with Crippen LogP contribution in [0.4, 0.5) is 0 Å². The number of rotatable bonds is 4. The van der Waals surface area contributed by atoms with Gasteiger partial charge in [-0.15, -0.1) is 0 Å². The van der Waals surface area contributed by atoms with E-state index >= 15 is 0 Å². The predicted molar refractivity (Wildman–Crippen MR) is 55.1 cm³/mol. The van der Waals surface area contributed by atoms with E-state index in [0.29, 0.717) is 6.04 Å². The summed E-state index contributed by atoms with van der Waals surface area (Å²) in [5.41, 5.74) is 0.948. The summed E-state index contributed by atoms with van der Waals surface area (Å²) in [5, 5.41) is 22.7. The summed E-state index contributed by atoms with van der Waals surface area (Å²) in [6, 6.07) is 0.453. The minimum atomic E-state index is -0.971. The van der Waals surface area contributed by atoms with E-state index in [1.54, 1.807) is 6.21 Å². The maximum absolute atomic E-state index is 10.6. The molecule has 0 spiro atoms. The van der Waals surface area contributed by atoms with E-state index in [2.05, 4.69) is 24.2 Å². The zero-order valence-electron chi connectivity index (χ0n) is 9.01. The van der Waals surface area contributed by atoms with Crippen LogP contribution >= 0.6 is 0 Å². The molecule has 2 N–H and O–H groups in total. The van der Waals surface area contributed by atoms with E-state index in [9.17, 15) is 5.21 Å². The Labute approximate surface area is 100 Å². The van der Waals surface area contributed by atoms with Crippen molar-refractivity contribution in [3.05, 3.63) is 17.0 Å². The molecular formula is C9H16IN3O2-2. The quantitative estimate of drug-likeness (QED) is 0.269. The molecule has 1 aliphatic heterocycles. The Morgan fingerprint density at radius 1 is 1.67 bits per heavy atom. The van der Waals surface area contributed by atoms with Crippen LogP contribution in [0.2, 0.25) is 0 Å². The topological polar surface area (TPSA) is 70.9 Å². The molecule has 0 saturated carbocycles. The second kappa shape index (κ2) is 5.90. The van der Waals surface area contributed by atoms with Crippen molar-refractivity contribution in [2.45, 2.75) is 36.8 Å². The molecule has 0 aliphatic carbocycles. The first-order valence-electron chi connectivity index (χ1n) is 4.77. The van der Waals surface area contributed by atoms with Crippen molar-refractivity contribution in [1.29, 1.82) is 0 Å². The van der Waals surface area contributed by atoms with Crippen molar-refractivity contribution in [2.75, 3.05) is 0 Å². The van der Waals surface area contributed by atoms with Gasteiger partial charge in [0.25, 0.3) is 0 Å². The van der Waals surface area contributed by atoms with E-state index in [0.717, 1.165) is 5.70 Å². The molecular weight excluding hydrogens is 309 g/mol. The van der Waals surface area contributed by atoms with Gasteiger partial charge in [0.15, 0.2) is 0 Å². The zero-order chi connectivity index (χ0) is 11.4. The molecule has 1 aliphatic rings. The number of nitrogens with one attached hydrogen (secondary N) is 1. The van der Waals surface area contributed by atoms with E-state index in [-0.39, 0.29) is 13.4 Å². The number of allylic oxidation sites excluding steroid dienone is 1. The van der Waals surface area contributed by atoms with Crippen LogP contribution in [-0.2, 0) is 0 Å². The van der Waals surface area contributed by atoms with E-state index in [1.807, 2.05) is 13.0 Å². The summed E-state index contributed by atoms with van der Waals surface area (Å²) in [7, 11) is 0. The van der Waals surface area contributed by atoms with E-state index in [1.165, 1.54) is 0 Å². The van der Waals surface area contributed by atoms with Crippen LogP contribution in [0, 0.1) is 5.21 Å². The molecule has 2 atom stereocenters. The summed E-state index contributed by atoms with van der Waals surface area (Å²) >= 11 is -0.971. The number of hydrogen-bond acceptors (Lipinski definition) is 5. The summed E-state index contributed by atoms with van der Waals surface area (Å²) in [4.78, 5) is 4.17. The molecule has 0 bridgehead atoms. The summed E-state index contributed by atoms with van der Waals surface area (Å²) in [6.45, 7) is 6.03. The Hall–Kier alpha value is -0.0200. The molecule has 15 heavy (non-hydrogen) atoms. The summed E-state index contributed by atoms with van der Waals surface area (Å²) in [5.74, 6) is 0. The molecule has 0 radical (unpaired) electrons. The number of alkyl halides is 1. The summed E-state index contributed by atoms with van der Waals surface area (Å²) < 4.78 is 0.0939. The Bertz CT molecular complexity index is 266. The van der Waals surface area contributed by atoms with Gasteiger partial charge in [0.05, 0.1) is 0 Å². The van der Waals surface area contributed by atoms with Crippen LogP contribution < -0.4 is 26.8 Å². The third-order valence-corrected chi connectivity index (χ3v) is 4.12. The number of aliphatic imine (C=N–C) groups is 1. The van der Waals surface area contributed by atoms with Gasteiger partial charge in [-0.25, -0.2) is 0 Å². The SMILES string of the molecule is CC1=CC(NC(C)C)C([I-]N([O-])O)C=N1. The second-order valence-electron chi connectivity index (χ2n) is 3.70. The Kier molecular flexibility index (Phi) is 5.13. The van der Waals surface area contributed by atoms with Crippen molar-refractivity contribution in [2.24, 2.45) is 4.99 Å². The van der Waals surface area contributed by atoms with Crippen molar-refractivity contribution < 1.29 is 26.7 Å². The van der Waals surface area contributed by atoms with Gasteiger partial charge in [-0.2, -0.15) is 0 Å². The van der Waals surface area contributed by atoms with Crippen LogP contribution in [0.1, 0.15) is 20.8 Å². The first-order chi connectivity index (χ1) is 6.99. The first-order valence-corrected chi connectivity index (χ1v) is 6.98. The third-order valence-electron chi connectivity index (χ3n) is 1.91. The molecule has 0 fully saturated rings. The molecule has 5 nitrogen and oxygen atoms in total. The van der Waals surface area contributed by atoms with Gasteiger partial charge in [-0.05, 0) is 0 Å². The molecule has 0 aromatic rings. The van der Waals surface area contributed by atoms with Crippen LogP contribution in [0.3, 0.4) is 0 Å². The third kappa shape index (κ3) is 4.56. The first kappa shape index (κ1) is 13.0. The van der Waals surface area contributed by atoms with E-state index < -0.39 is 21.5 Å². The van der Waals surface area contributed by atoms with Gasteiger partial charge in [0.1, 0.15) is 0 Å². The average molecular weight is 325 g/mol. The Balaban J connectivity index is 2.64. The fourth-order valence-electron chi connectivity index (χ4n) is 1.38. The molecule has 88 valence electrons. The molecule has 0 amide bonds. The fraction of sp³-hybridized carbons (Fsp3) is 0.667. The molecule has 0 saturated heterocycles. The van der Waals surface area contributed by atoms with Gasteiger partial charge >= 0.3 is 100 Å². The predicted octanol–water partition coefficient (Wildman–Crippen LogP) is -2.10. The number of hydrogen-bond donors (Lipinski definition) is 2. The van der Waals surface area contributed by atoms with Crippen LogP contribution in [-0.4, -0.2) is 30.9 Å². The number of nitrogens with zero attached hydrogens (tertiary/aromatic N) is 2. The van der Waals surface area contributed by atoms with Gasteiger partial charge in [0, 0.05) is 0 Å². The zero-order valence-corrected chi connectivity index (χ0v) is 11.2. The van der Waals surface area contributed by atoms with Crippen LogP contribution in [0.5, 0.6) is 0 Å². The normalized spacial score (nSPS) is 26.5. The fourth-order valence-corrected chi connectivity index (χ4v) is 3.00. The van der Waals surface area contributed by atoms with Gasteiger partial charge in [0.2, 0.25) is 0 Å². The maximum atomic E-state index is 10.6. The molecule has 0 aromatic heterocycles. The van der Waals surface area contributed by atoms with Gasteiger partial charge < -0.3 is 0 Å². The van der Waals surface area contributed by atoms with Crippen LogP contribution in [0.15, 0.2) is 16.8 Å². The average Bonchev–Trinajstić information content (AvgIpc) is 2.08. The monoisotopic (exact) mass is 325 g/mol. The van der Waals surface area contributed by atoms with Crippen molar-refractivity contribution >= 4 is 6.21 Å². The standard InChI is InChI=1S/C9H16IN3O2/c1-6(2)12-9-4-7(3)11-5-8(9)10-13(14)15/h4-6,8-9,12,14H,1-3H3/q-2. The molecule has 2 unspecified atom stereocenters. The van der Waals surface area contributed by atoms with Gasteiger partial charge in [-0.1, -0.05) is 0 Å². The Morgan fingerprint density at radius 2 is 2.33 bits per heavy atom. The summed E-state index contributed by atoms with van der Waals surface area (Å²) in [6.07, 6.45) is 3.78. The molecule has 0 aromatic carbocycles. The molecule has 1 rings (SSSR count). The van der Waals surface area contributed by atoms with Crippen LogP contribution in [0.25, 0.3) is 0 Å². The van der Waals surface area contributed by atoms with Crippen molar-refractivity contribution in [3.63, 3.8) is 0 Å². The second-order valence-corrected chi connectivity index (χ2v) is 6.52.